The molecule has 2 aliphatic heterocycles. The average molecular weight is 272 g/mol. The third kappa shape index (κ3) is 1.70. The molecule has 0 saturated carbocycles. The standard InChI is InChI=1S/C15H16N2O3/c1-2-8-17-13-10(5-3-7-12(13)18)14(19)16-9-4-6-11(16)15(17)20/h2-3,5,7,11,18H,1,4,6,8-9H2/t11-/m0/s1. The summed E-state index contributed by atoms with van der Waals surface area (Å²) < 4.78 is 0. The van der Waals surface area contributed by atoms with Crippen LogP contribution in [-0.2, 0) is 4.79 Å². The molecule has 2 heterocycles. The minimum absolute atomic E-state index is 0.0489. The predicted molar refractivity (Wildman–Crippen MR) is 74.7 cm³/mol. The smallest absolute Gasteiger partial charge is 0.256 e. The first-order chi connectivity index (χ1) is 9.65. The summed E-state index contributed by atoms with van der Waals surface area (Å²) in [5.41, 5.74) is 0.682. The molecule has 0 aromatic heterocycles. The highest BCUT2D eigenvalue weighted by Crippen LogP contribution is 2.37. The Kier molecular flexibility index (Phi) is 2.97. The van der Waals surface area contributed by atoms with E-state index in [1.165, 1.54) is 11.0 Å². The highest BCUT2D eigenvalue weighted by atomic mass is 16.3. The Balaban J connectivity index is 2.21. The Morgan fingerprint density at radius 2 is 2.20 bits per heavy atom. The van der Waals surface area contributed by atoms with Crippen LogP contribution < -0.4 is 4.90 Å². The zero-order valence-corrected chi connectivity index (χ0v) is 11.1. The van der Waals surface area contributed by atoms with Crippen molar-refractivity contribution in [1.29, 1.82) is 0 Å². The van der Waals surface area contributed by atoms with Crippen LogP contribution in [0.5, 0.6) is 5.75 Å². The van der Waals surface area contributed by atoms with Gasteiger partial charge in [0.2, 0.25) is 5.91 Å². The van der Waals surface area contributed by atoms with E-state index in [-0.39, 0.29) is 24.1 Å². The highest BCUT2D eigenvalue weighted by Gasteiger charge is 2.42. The molecule has 1 atom stereocenters. The van der Waals surface area contributed by atoms with E-state index in [1.807, 2.05) is 0 Å². The number of nitrogens with zero attached hydrogens (tertiary/aromatic N) is 2. The Morgan fingerprint density at radius 3 is 2.95 bits per heavy atom. The predicted octanol–water partition coefficient (Wildman–Crippen LogP) is 1.53. The summed E-state index contributed by atoms with van der Waals surface area (Å²) in [7, 11) is 0. The SMILES string of the molecule is C=CCN1C(=O)[C@@H]2CCCN2C(=O)c2cccc(O)c21. The second kappa shape index (κ2) is 4.67. The first-order valence-electron chi connectivity index (χ1n) is 6.70. The normalized spacial score (nSPS) is 21.5. The van der Waals surface area contributed by atoms with Crippen LogP contribution in [0.15, 0.2) is 30.9 Å². The molecular formula is C15H16N2O3. The van der Waals surface area contributed by atoms with Gasteiger partial charge in [0.15, 0.2) is 0 Å². The van der Waals surface area contributed by atoms with Gasteiger partial charge in [-0.15, -0.1) is 6.58 Å². The molecular weight excluding hydrogens is 256 g/mol. The lowest BCUT2D eigenvalue weighted by atomic mass is 10.1. The highest BCUT2D eigenvalue weighted by molar-refractivity contribution is 6.12. The number of para-hydroxylation sites is 1. The van der Waals surface area contributed by atoms with Gasteiger partial charge in [-0.05, 0) is 25.0 Å². The van der Waals surface area contributed by atoms with Gasteiger partial charge in [-0.25, -0.2) is 0 Å². The van der Waals surface area contributed by atoms with Crippen molar-refractivity contribution in [2.75, 3.05) is 18.0 Å². The van der Waals surface area contributed by atoms with Crippen LogP contribution in [0.1, 0.15) is 23.2 Å². The van der Waals surface area contributed by atoms with Gasteiger partial charge in [0.05, 0.1) is 11.3 Å². The fourth-order valence-corrected chi connectivity index (χ4v) is 3.01. The molecule has 1 N–H and O–H groups in total. The van der Waals surface area contributed by atoms with E-state index in [2.05, 4.69) is 6.58 Å². The Labute approximate surface area is 117 Å². The minimum Gasteiger partial charge on any atom is -0.506 e. The van der Waals surface area contributed by atoms with Gasteiger partial charge < -0.3 is 14.9 Å². The number of hydrogen-bond acceptors (Lipinski definition) is 3. The second-order valence-corrected chi connectivity index (χ2v) is 5.07. The average Bonchev–Trinajstić information content (AvgIpc) is 2.90. The number of hydrogen-bond donors (Lipinski definition) is 1. The maximum absolute atomic E-state index is 12.7. The van der Waals surface area contributed by atoms with Crippen LogP contribution in [0.2, 0.25) is 0 Å². The van der Waals surface area contributed by atoms with Crippen LogP contribution in [0.4, 0.5) is 5.69 Å². The van der Waals surface area contributed by atoms with E-state index in [1.54, 1.807) is 23.1 Å². The lowest BCUT2D eigenvalue weighted by Gasteiger charge is -2.25. The number of aromatic hydroxyl groups is 1. The van der Waals surface area contributed by atoms with E-state index in [0.29, 0.717) is 24.2 Å². The molecule has 20 heavy (non-hydrogen) atoms. The molecule has 0 aliphatic carbocycles. The summed E-state index contributed by atoms with van der Waals surface area (Å²) in [5, 5.41) is 10.1. The van der Waals surface area contributed by atoms with Crippen molar-refractivity contribution < 1.29 is 14.7 Å². The van der Waals surface area contributed by atoms with Gasteiger partial charge in [-0.2, -0.15) is 0 Å². The van der Waals surface area contributed by atoms with Crippen LogP contribution in [0.25, 0.3) is 0 Å². The monoisotopic (exact) mass is 272 g/mol. The summed E-state index contributed by atoms with van der Waals surface area (Å²) in [5.74, 6) is -0.374. The number of phenols is 1. The molecule has 0 unspecified atom stereocenters. The third-order valence-corrected chi connectivity index (χ3v) is 3.89. The number of rotatable bonds is 2. The quantitative estimate of drug-likeness (QED) is 0.831. The van der Waals surface area contributed by atoms with Gasteiger partial charge >= 0.3 is 0 Å². The second-order valence-electron chi connectivity index (χ2n) is 5.07. The van der Waals surface area contributed by atoms with Crippen LogP contribution in [0, 0.1) is 0 Å². The van der Waals surface area contributed by atoms with E-state index in [9.17, 15) is 14.7 Å². The van der Waals surface area contributed by atoms with E-state index < -0.39 is 6.04 Å². The maximum Gasteiger partial charge on any atom is 0.256 e. The summed E-state index contributed by atoms with van der Waals surface area (Å²) >= 11 is 0. The number of fused-ring (bicyclic) bond motifs is 2. The van der Waals surface area contributed by atoms with E-state index in [4.69, 9.17) is 0 Å². The number of carbonyl (C=O) groups excluding carboxylic acids is 2. The Hall–Kier alpha value is -2.30. The van der Waals surface area contributed by atoms with Crippen molar-refractivity contribution in [3.05, 3.63) is 36.4 Å². The molecule has 0 bridgehead atoms. The Bertz CT molecular complexity index is 597. The van der Waals surface area contributed by atoms with Gasteiger partial charge in [0, 0.05) is 13.1 Å². The van der Waals surface area contributed by atoms with Gasteiger partial charge in [-0.1, -0.05) is 12.1 Å². The molecule has 2 aliphatic rings. The molecule has 1 aromatic rings. The van der Waals surface area contributed by atoms with Crippen molar-refractivity contribution in [1.82, 2.24) is 4.90 Å². The molecule has 0 spiro atoms. The summed E-state index contributed by atoms with van der Waals surface area (Å²) in [6, 6.07) is 4.35. The fraction of sp³-hybridized carbons (Fsp3) is 0.333. The number of carbonyl (C=O) groups is 2. The molecule has 0 radical (unpaired) electrons. The lowest BCUT2D eigenvalue weighted by molar-refractivity contribution is -0.122. The van der Waals surface area contributed by atoms with Crippen LogP contribution in [0.3, 0.4) is 0 Å². The summed E-state index contributed by atoms with van der Waals surface area (Å²) in [6.45, 7) is 4.52. The minimum atomic E-state index is -0.422. The van der Waals surface area contributed by atoms with Gasteiger partial charge in [0.25, 0.3) is 5.91 Å². The Morgan fingerprint density at radius 1 is 1.40 bits per heavy atom. The largest absolute Gasteiger partial charge is 0.506 e. The summed E-state index contributed by atoms with van der Waals surface area (Å²) in [4.78, 5) is 28.3. The van der Waals surface area contributed by atoms with Crippen molar-refractivity contribution in [2.45, 2.75) is 18.9 Å². The number of anilines is 1. The first kappa shape index (κ1) is 12.7. The van der Waals surface area contributed by atoms with Crippen molar-refractivity contribution in [3.8, 4) is 5.75 Å². The first-order valence-corrected chi connectivity index (χ1v) is 6.70. The molecule has 1 saturated heterocycles. The van der Waals surface area contributed by atoms with E-state index >= 15 is 0 Å². The molecule has 1 aromatic carbocycles. The van der Waals surface area contributed by atoms with Crippen LogP contribution in [-0.4, -0.2) is 41.0 Å². The topological polar surface area (TPSA) is 60.9 Å². The molecule has 1 fully saturated rings. The third-order valence-electron chi connectivity index (χ3n) is 3.89. The number of amides is 2. The lowest BCUT2D eigenvalue weighted by Crippen LogP contribution is -2.44. The molecule has 104 valence electrons. The van der Waals surface area contributed by atoms with Gasteiger partial charge in [0.1, 0.15) is 11.8 Å². The fourth-order valence-electron chi connectivity index (χ4n) is 3.01. The molecule has 5 nitrogen and oxygen atoms in total. The zero-order valence-electron chi connectivity index (χ0n) is 11.1. The number of benzene rings is 1. The number of phenolic OH excluding ortho intramolecular Hbond substituents is 1. The molecule has 3 rings (SSSR count). The van der Waals surface area contributed by atoms with Crippen molar-refractivity contribution in [3.63, 3.8) is 0 Å². The van der Waals surface area contributed by atoms with Crippen molar-refractivity contribution >= 4 is 17.5 Å². The maximum atomic E-state index is 12.7. The zero-order chi connectivity index (χ0) is 14.3. The van der Waals surface area contributed by atoms with Gasteiger partial charge in [-0.3, -0.25) is 9.59 Å². The van der Waals surface area contributed by atoms with E-state index in [0.717, 1.165) is 6.42 Å². The summed E-state index contributed by atoms with van der Waals surface area (Å²) in [6.07, 6.45) is 3.11. The molecule has 5 heteroatoms. The van der Waals surface area contributed by atoms with Crippen molar-refractivity contribution in [2.24, 2.45) is 0 Å². The van der Waals surface area contributed by atoms with Crippen LogP contribution >= 0.6 is 0 Å². The molecule has 2 amide bonds.